The highest BCUT2D eigenvalue weighted by Crippen LogP contribution is 2.68. The fourth-order valence-corrected chi connectivity index (χ4v) is 9.44. The summed E-state index contributed by atoms with van der Waals surface area (Å²) in [5, 5.41) is 18.7. The van der Waals surface area contributed by atoms with Gasteiger partial charge in [-0.15, -0.1) is 0 Å². The van der Waals surface area contributed by atoms with Crippen molar-refractivity contribution in [1.29, 1.82) is 0 Å². The molecule has 168 valence electrons. The zero-order valence-corrected chi connectivity index (χ0v) is 19.5. The summed E-state index contributed by atoms with van der Waals surface area (Å²) in [5.74, 6) is 5.83. The standard InChI is InChI=1S/C27H48O2/c1-19(7-6-8-20(17-28)18-29)23-12-13-24-22-11-10-21-9-4-5-15-26(21,2)25(22)14-16-27(23,24)3/h19-25,28-29H,4-18H2,1-3H3. The van der Waals surface area contributed by atoms with Gasteiger partial charge in [-0.25, -0.2) is 0 Å². The maximum Gasteiger partial charge on any atom is 0.0481 e. The minimum absolute atomic E-state index is 0.0935. The molecule has 0 radical (unpaired) electrons. The molecule has 2 nitrogen and oxygen atoms in total. The van der Waals surface area contributed by atoms with Gasteiger partial charge in [0.05, 0.1) is 0 Å². The molecular formula is C27H48O2. The van der Waals surface area contributed by atoms with E-state index < -0.39 is 0 Å². The van der Waals surface area contributed by atoms with Gasteiger partial charge >= 0.3 is 0 Å². The van der Waals surface area contributed by atoms with Crippen LogP contribution in [0.25, 0.3) is 0 Å². The van der Waals surface area contributed by atoms with Gasteiger partial charge in [0, 0.05) is 19.1 Å². The Morgan fingerprint density at radius 1 is 0.793 bits per heavy atom. The van der Waals surface area contributed by atoms with Gasteiger partial charge in [0.1, 0.15) is 0 Å². The van der Waals surface area contributed by atoms with Crippen molar-refractivity contribution in [2.75, 3.05) is 13.2 Å². The lowest BCUT2D eigenvalue weighted by atomic mass is 9.44. The maximum absolute atomic E-state index is 9.35. The van der Waals surface area contributed by atoms with E-state index in [4.69, 9.17) is 0 Å². The maximum atomic E-state index is 9.35. The van der Waals surface area contributed by atoms with E-state index in [1.165, 1.54) is 70.6 Å². The van der Waals surface area contributed by atoms with Gasteiger partial charge in [0.15, 0.2) is 0 Å². The highest BCUT2D eigenvalue weighted by molar-refractivity contribution is 5.09. The molecule has 0 spiro atoms. The van der Waals surface area contributed by atoms with E-state index in [9.17, 15) is 10.2 Å². The van der Waals surface area contributed by atoms with Crippen molar-refractivity contribution in [3.8, 4) is 0 Å². The van der Waals surface area contributed by atoms with Crippen LogP contribution in [0.1, 0.15) is 104 Å². The Bertz CT molecular complexity index is 543. The second-order valence-electron chi connectivity index (χ2n) is 12.3. The van der Waals surface area contributed by atoms with E-state index in [0.29, 0.717) is 10.8 Å². The van der Waals surface area contributed by atoms with Gasteiger partial charge in [0.2, 0.25) is 0 Å². The summed E-state index contributed by atoms with van der Waals surface area (Å²) in [6.45, 7) is 8.16. The van der Waals surface area contributed by atoms with E-state index >= 15 is 0 Å². The third-order valence-electron chi connectivity index (χ3n) is 11.1. The Balaban J connectivity index is 1.41. The molecule has 8 atom stereocenters. The summed E-state index contributed by atoms with van der Waals surface area (Å²) >= 11 is 0. The Morgan fingerprint density at radius 2 is 1.55 bits per heavy atom. The van der Waals surface area contributed by atoms with Gasteiger partial charge in [-0.3, -0.25) is 0 Å². The summed E-state index contributed by atoms with van der Waals surface area (Å²) in [6.07, 6.45) is 18.4. The molecule has 4 aliphatic rings. The van der Waals surface area contributed by atoms with Gasteiger partial charge in [-0.1, -0.05) is 46.5 Å². The molecule has 0 amide bonds. The molecule has 0 saturated heterocycles. The third-order valence-corrected chi connectivity index (χ3v) is 11.1. The Morgan fingerprint density at radius 3 is 2.31 bits per heavy atom. The van der Waals surface area contributed by atoms with Crippen molar-refractivity contribution < 1.29 is 10.2 Å². The second kappa shape index (κ2) is 8.81. The Hall–Kier alpha value is -0.0800. The van der Waals surface area contributed by atoms with Gasteiger partial charge in [-0.2, -0.15) is 0 Å². The molecular weight excluding hydrogens is 356 g/mol. The van der Waals surface area contributed by atoms with Crippen LogP contribution in [-0.2, 0) is 0 Å². The van der Waals surface area contributed by atoms with E-state index in [0.717, 1.165) is 48.3 Å². The summed E-state index contributed by atoms with van der Waals surface area (Å²) in [7, 11) is 0. The number of hydrogen-bond acceptors (Lipinski definition) is 2. The van der Waals surface area contributed by atoms with Crippen LogP contribution in [-0.4, -0.2) is 23.4 Å². The Kier molecular flexibility index (Phi) is 6.72. The molecule has 4 fully saturated rings. The first-order valence-electron chi connectivity index (χ1n) is 13.2. The molecule has 0 heterocycles. The molecule has 0 bridgehead atoms. The van der Waals surface area contributed by atoms with Crippen molar-refractivity contribution >= 4 is 0 Å². The average molecular weight is 405 g/mol. The van der Waals surface area contributed by atoms with Gasteiger partial charge in [-0.05, 0) is 104 Å². The molecule has 2 N–H and O–H groups in total. The molecule has 4 rings (SSSR count). The van der Waals surface area contributed by atoms with Crippen molar-refractivity contribution in [1.82, 2.24) is 0 Å². The van der Waals surface area contributed by atoms with Gasteiger partial charge in [0.25, 0.3) is 0 Å². The minimum atomic E-state index is 0.0935. The molecule has 29 heavy (non-hydrogen) atoms. The van der Waals surface area contributed by atoms with E-state index in [1.807, 2.05) is 0 Å². The highest BCUT2D eigenvalue weighted by atomic mass is 16.3. The lowest BCUT2D eigenvalue weighted by Gasteiger charge is -2.61. The van der Waals surface area contributed by atoms with Crippen molar-refractivity contribution in [3.05, 3.63) is 0 Å². The number of hydrogen-bond donors (Lipinski definition) is 2. The van der Waals surface area contributed by atoms with E-state index in [-0.39, 0.29) is 19.1 Å². The first-order valence-corrected chi connectivity index (χ1v) is 13.2. The highest BCUT2D eigenvalue weighted by Gasteiger charge is 2.59. The molecule has 0 aromatic heterocycles. The number of rotatable bonds is 7. The summed E-state index contributed by atoms with van der Waals surface area (Å²) in [5.41, 5.74) is 1.24. The molecule has 0 aliphatic heterocycles. The zero-order chi connectivity index (χ0) is 20.6. The second-order valence-corrected chi connectivity index (χ2v) is 12.3. The fraction of sp³-hybridized carbons (Fsp3) is 1.00. The van der Waals surface area contributed by atoms with Gasteiger partial charge < -0.3 is 10.2 Å². The first-order chi connectivity index (χ1) is 13.9. The smallest absolute Gasteiger partial charge is 0.0481 e. The van der Waals surface area contributed by atoms with Crippen molar-refractivity contribution in [2.45, 2.75) is 104 Å². The number of aliphatic hydroxyl groups excluding tert-OH is 2. The van der Waals surface area contributed by atoms with Crippen molar-refractivity contribution in [2.24, 2.45) is 52.3 Å². The summed E-state index contributed by atoms with van der Waals surface area (Å²) in [4.78, 5) is 0. The quantitative estimate of drug-likeness (QED) is 0.512. The average Bonchev–Trinajstić information content (AvgIpc) is 3.08. The molecule has 4 aliphatic carbocycles. The summed E-state index contributed by atoms with van der Waals surface area (Å²) in [6, 6.07) is 0. The van der Waals surface area contributed by atoms with Crippen LogP contribution < -0.4 is 0 Å². The van der Waals surface area contributed by atoms with Crippen LogP contribution in [0.4, 0.5) is 0 Å². The third kappa shape index (κ3) is 3.84. The normalized spacial score (nSPS) is 45.5. The lowest BCUT2D eigenvalue weighted by Crippen LogP contribution is -2.53. The monoisotopic (exact) mass is 404 g/mol. The van der Waals surface area contributed by atoms with Crippen LogP contribution >= 0.6 is 0 Å². The van der Waals surface area contributed by atoms with Crippen LogP contribution in [0.5, 0.6) is 0 Å². The van der Waals surface area contributed by atoms with Crippen LogP contribution in [0.3, 0.4) is 0 Å². The SMILES string of the molecule is CC(CCCC(CO)CO)C1CCC2C3CCC4CCCCC4(C)C3CCC12C. The van der Waals surface area contributed by atoms with Crippen molar-refractivity contribution in [3.63, 3.8) is 0 Å². The zero-order valence-electron chi connectivity index (χ0n) is 19.5. The molecule has 4 saturated carbocycles. The Labute approximate surface area is 180 Å². The van der Waals surface area contributed by atoms with Crippen LogP contribution in [0.15, 0.2) is 0 Å². The first kappa shape index (κ1) is 22.1. The largest absolute Gasteiger partial charge is 0.396 e. The number of fused-ring (bicyclic) bond motifs is 5. The topological polar surface area (TPSA) is 40.5 Å². The fourth-order valence-electron chi connectivity index (χ4n) is 9.44. The minimum Gasteiger partial charge on any atom is -0.396 e. The predicted octanol–water partition coefficient (Wildman–Crippen LogP) is 6.44. The number of aliphatic hydroxyl groups is 2. The summed E-state index contributed by atoms with van der Waals surface area (Å²) < 4.78 is 0. The predicted molar refractivity (Wildman–Crippen MR) is 121 cm³/mol. The molecule has 2 heteroatoms. The molecule has 8 unspecified atom stereocenters. The van der Waals surface area contributed by atoms with E-state index in [1.54, 1.807) is 0 Å². The van der Waals surface area contributed by atoms with Crippen LogP contribution in [0.2, 0.25) is 0 Å². The molecule has 0 aromatic rings. The molecule has 0 aromatic carbocycles. The lowest BCUT2D eigenvalue weighted by molar-refractivity contribution is -0.114. The van der Waals surface area contributed by atoms with Crippen LogP contribution in [0, 0.1) is 52.3 Å². The van der Waals surface area contributed by atoms with E-state index in [2.05, 4.69) is 20.8 Å².